The molecular weight excluding hydrogens is 312 g/mol. The Labute approximate surface area is 137 Å². The molecule has 2 aromatic rings. The van der Waals surface area contributed by atoms with Crippen LogP contribution in [0.4, 0.5) is 0 Å². The molecular formula is C17H20N2O3S. The predicted octanol–water partition coefficient (Wildman–Crippen LogP) is 2.37. The third-order valence-electron chi connectivity index (χ3n) is 3.88. The molecule has 1 aliphatic rings. The van der Waals surface area contributed by atoms with Gasteiger partial charge in [-0.05, 0) is 31.0 Å². The molecule has 0 aliphatic carbocycles. The number of sulfonamides is 1. The number of rotatable bonds is 5. The number of hydrogen-bond acceptors (Lipinski definition) is 4. The lowest BCUT2D eigenvalue weighted by Gasteiger charge is -2.17. The maximum Gasteiger partial charge on any atom is 0.218 e. The van der Waals surface area contributed by atoms with Gasteiger partial charge in [0.05, 0.1) is 18.5 Å². The van der Waals surface area contributed by atoms with E-state index in [0.717, 1.165) is 11.3 Å². The first-order valence-corrected chi connectivity index (χ1v) is 9.25. The molecule has 0 radical (unpaired) electrons. The van der Waals surface area contributed by atoms with Crippen LogP contribution in [0.3, 0.4) is 0 Å². The second kappa shape index (κ2) is 6.68. The van der Waals surface area contributed by atoms with E-state index in [-0.39, 0.29) is 11.9 Å². The third-order valence-corrected chi connectivity index (χ3v) is 5.70. The lowest BCUT2D eigenvalue weighted by molar-refractivity contribution is 0.214. The molecule has 1 atom stereocenters. The standard InChI is InChI=1S/C17H20N2O3S/c1-14-7-8-16(11-18-14)22-17-9-10-19(12-17)23(20,21)13-15-5-3-2-4-6-15/h2-8,11,17H,9-10,12-13H2,1H3. The number of pyridine rings is 1. The number of ether oxygens (including phenoxy) is 1. The number of benzene rings is 1. The number of aryl methyl sites for hydroxylation is 1. The SMILES string of the molecule is Cc1ccc(OC2CCN(S(=O)(=O)Cc3ccccc3)C2)cn1. The molecule has 1 aromatic heterocycles. The van der Waals surface area contributed by atoms with Crippen molar-refractivity contribution < 1.29 is 13.2 Å². The van der Waals surface area contributed by atoms with Crippen LogP contribution in [0.15, 0.2) is 48.7 Å². The highest BCUT2D eigenvalue weighted by atomic mass is 32.2. The van der Waals surface area contributed by atoms with Crippen molar-refractivity contribution in [3.63, 3.8) is 0 Å². The summed E-state index contributed by atoms with van der Waals surface area (Å²) in [6.45, 7) is 2.80. The first-order valence-electron chi connectivity index (χ1n) is 7.64. The molecule has 0 bridgehead atoms. The normalized spacial score (nSPS) is 18.9. The summed E-state index contributed by atoms with van der Waals surface area (Å²) in [5, 5.41) is 0. The van der Waals surface area contributed by atoms with E-state index >= 15 is 0 Å². The summed E-state index contributed by atoms with van der Waals surface area (Å²) in [5.74, 6) is 0.718. The van der Waals surface area contributed by atoms with Crippen LogP contribution in [0.1, 0.15) is 17.7 Å². The largest absolute Gasteiger partial charge is 0.487 e. The molecule has 0 saturated carbocycles. The summed E-state index contributed by atoms with van der Waals surface area (Å²) >= 11 is 0. The van der Waals surface area contributed by atoms with Crippen molar-refractivity contribution in [2.75, 3.05) is 13.1 Å². The Morgan fingerprint density at radius 2 is 2.00 bits per heavy atom. The van der Waals surface area contributed by atoms with E-state index in [1.165, 1.54) is 4.31 Å². The van der Waals surface area contributed by atoms with Gasteiger partial charge in [0, 0.05) is 12.2 Å². The van der Waals surface area contributed by atoms with Crippen molar-refractivity contribution in [3.05, 3.63) is 59.9 Å². The summed E-state index contributed by atoms with van der Waals surface area (Å²) in [5.41, 5.74) is 1.73. The Kier molecular flexibility index (Phi) is 4.63. The average Bonchev–Trinajstić information content (AvgIpc) is 3.00. The molecule has 1 aliphatic heterocycles. The Morgan fingerprint density at radius 1 is 1.22 bits per heavy atom. The van der Waals surface area contributed by atoms with Crippen molar-refractivity contribution in [2.24, 2.45) is 0 Å². The maximum absolute atomic E-state index is 12.5. The number of hydrogen-bond donors (Lipinski definition) is 0. The van der Waals surface area contributed by atoms with Crippen LogP contribution in [-0.4, -0.2) is 36.9 Å². The van der Waals surface area contributed by atoms with E-state index in [0.29, 0.717) is 25.3 Å². The van der Waals surface area contributed by atoms with E-state index < -0.39 is 10.0 Å². The van der Waals surface area contributed by atoms with Crippen LogP contribution in [0.25, 0.3) is 0 Å². The van der Waals surface area contributed by atoms with Gasteiger partial charge in [0.2, 0.25) is 10.0 Å². The van der Waals surface area contributed by atoms with Crippen LogP contribution < -0.4 is 4.74 Å². The van der Waals surface area contributed by atoms with Crippen LogP contribution in [0, 0.1) is 6.92 Å². The van der Waals surface area contributed by atoms with Crippen molar-refractivity contribution >= 4 is 10.0 Å². The molecule has 1 fully saturated rings. The maximum atomic E-state index is 12.5. The fourth-order valence-corrected chi connectivity index (χ4v) is 4.21. The van der Waals surface area contributed by atoms with Gasteiger partial charge in [0.15, 0.2) is 0 Å². The Bertz CT molecular complexity index is 745. The van der Waals surface area contributed by atoms with Crippen molar-refractivity contribution in [3.8, 4) is 5.75 Å². The van der Waals surface area contributed by atoms with Gasteiger partial charge in [0.1, 0.15) is 11.9 Å². The first-order chi connectivity index (χ1) is 11.0. The zero-order valence-corrected chi connectivity index (χ0v) is 13.9. The topological polar surface area (TPSA) is 59.5 Å². The lowest BCUT2D eigenvalue weighted by atomic mass is 10.2. The van der Waals surface area contributed by atoms with Crippen LogP contribution in [0.5, 0.6) is 5.75 Å². The Balaban J connectivity index is 1.61. The van der Waals surface area contributed by atoms with Crippen molar-refractivity contribution in [1.82, 2.24) is 9.29 Å². The number of aromatic nitrogens is 1. The fraction of sp³-hybridized carbons (Fsp3) is 0.353. The van der Waals surface area contributed by atoms with Gasteiger partial charge < -0.3 is 4.74 Å². The highest BCUT2D eigenvalue weighted by Crippen LogP contribution is 2.21. The zero-order chi connectivity index (χ0) is 16.3. The predicted molar refractivity (Wildman–Crippen MR) is 88.6 cm³/mol. The number of nitrogens with zero attached hydrogens (tertiary/aromatic N) is 2. The molecule has 122 valence electrons. The van der Waals surface area contributed by atoms with Gasteiger partial charge in [-0.1, -0.05) is 30.3 Å². The minimum absolute atomic E-state index is 0.0344. The molecule has 3 rings (SSSR count). The minimum atomic E-state index is -3.31. The van der Waals surface area contributed by atoms with Gasteiger partial charge in [-0.3, -0.25) is 4.98 Å². The van der Waals surface area contributed by atoms with Crippen molar-refractivity contribution in [2.45, 2.75) is 25.2 Å². The molecule has 0 amide bonds. The van der Waals surface area contributed by atoms with E-state index in [1.54, 1.807) is 6.20 Å². The summed E-state index contributed by atoms with van der Waals surface area (Å²) in [6, 6.07) is 13.0. The summed E-state index contributed by atoms with van der Waals surface area (Å²) in [7, 11) is -3.31. The Morgan fingerprint density at radius 3 is 2.70 bits per heavy atom. The molecule has 6 heteroatoms. The van der Waals surface area contributed by atoms with Crippen LogP contribution >= 0.6 is 0 Å². The van der Waals surface area contributed by atoms with Crippen LogP contribution in [-0.2, 0) is 15.8 Å². The highest BCUT2D eigenvalue weighted by Gasteiger charge is 2.32. The summed E-state index contributed by atoms with van der Waals surface area (Å²) in [6.07, 6.45) is 2.25. The molecule has 1 aromatic carbocycles. The van der Waals surface area contributed by atoms with Gasteiger partial charge in [-0.2, -0.15) is 4.31 Å². The lowest BCUT2D eigenvalue weighted by Crippen LogP contribution is -2.32. The van der Waals surface area contributed by atoms with E-state index in [9.17, 15) is 8.42 Å². The van der Waals surface area contributed by atoms with Gasteiger partial charge in [0.25, 0.3) is 0 Å². The molecule has 0 spiro atoms. The quantitative estimate of drug-likeness (QED) is 0.843. The smallest absolute Gasteiger partial charge is 0.218 e. The fourth-order valence-electron chi connectivity index (χ4n) is 2.64. The van der Waals surface area contributed by atoms with E-state index in [4.69, 9.17) is 4.74 Å². The van der Waals surface area contributed by atoms with Crippen molar-refractivity contribution in [1.29, 1.82) is 0 Å². The van der Waals surface area contributed by atoms with Gasteiger partial charge in [-0.25, -0.2) is 8.42 Å². The second-order valence-electron chi connectivity index (χ2n) is 5.76. The summed E-state index contributed by atoms with van der Waals surface area (Å²) < 4.78 is 32.4. The monoisotopic (exact) mass is 332 g/mol. The van der Waals surface area contributed by atoms with Gasteiger partial charge in [-0.15, -0.1) is 0 Å². The highest BCUT2D eigenvalue weighted by molar-refractivity contribution is 7.88. The average molecular weight is 332 g/mol. The molecule has 1 saturated heterocycles. The van der Waals surface area contributed by atoms with E-state index in [1.807, 2.05) is 49.4 Å². The molecule has 23 heavy (non-hydrogen) atoms. The summed E-state index contributed by atoms with van der Waals surface area (Å²) in [4.78, 5) is 4.19. The van der Waals surface area contributed by atoms with Crippen LogP contribution in [0.2, 0.25) is 0 Å². The second-order valence-corrected chi connectivity index (χ2v) is 7.73. The Hall–Kier alpha value is -1.92. The van der Waals surface area contributed by atoms with E-state index in [2.05, 4.69) is 4.98 Å². The molecule has 0 N–H and O–H groups in total. The van der Waals surface area contributed by atoms with Gasteiger partial charge >= 0.3 is 0 Å². The molecule has 2 heterocycles. The molecule has 1 unspecified atom stereocenters. The first kappa shape index (κ1) is 16.0. The third kappa shape index (κ3) is 4.09. The molecule has 5 nitrogen and oxygen atoms in total. The zero-order valence-electron chi connectivity index (χ0n) is 13.1. The minimum Gasteiger partial charge on any atom is -0.487 e.